The van der Waals surface area contributed by atoms with Crippen LogP contribution in [0.2, 0.25) is 5.02 Å². The Balaban J connectivity index is 2.32. The number of carbonyl (C=O) groups excluding carboxylic acids is 1. The molecule has 1 heterocycles. The topological polar surface area (TPSA) is 54.9 Å². The zero-order chi connectivity index (χ0) is 15.4. The van der Waals surface area contributed by atoms with Gasteiger partial charge in [-0.1, -0.05) is 42.4 Å². The van der Waals surface area contributed by atoms with Gasteiger partial charge in [-0.25, -0.2) is 9.97 Å². The Morgan fingerprint density at radius 3 is 2.81 bits per heavy atom. The first-order valence-electron chi connectivity index (χ1n) is 6.53. The van der Waals surface area contributed by atoms with Crippen LogP contribution in [0.3, 0.4) is 0 Å². The number of thioether (sulfide) groups is 1. The van der Waals surface area contributed by atoms with E-state index in [2.05, 4.69) is 15.3 Å². The number of aryl methyl sites for hydroxylation is 2. The second-order valence-corrected chi connectivity index (χ2v) is 5.64. The number of halogens is 1. The van der Waals surface area contributed by atoms with Crippen molar-refractivity contribution in [2.75, 3.05) is 11.6 Å². The number of benzene rings is 1. The van der Waals surface area contributed by atoms with E-state index < -0.39 is 0 Å². The number of hydrogen-bond acceptors (Lipinski definition) is 4. The van der Waals surface area contributed by atoms with Crippen LogP contribution < -0.4 is 5.32 Å². The van der Waals surface area contributed by atoms with Gasteiger partial charge in [-0.3, -0.25) is 4.79 Å². The van der Waals surface area contributed by atoms with Gasteiger partial charge in [-0.2, -0.15) is 0 Å². The van der Waals surface area contributed by atoms with Gasteiger partial charge in [0, 0.05) is 6.20 Å². The smallest absolute Gasteiger partial charge is 0.259 e. The number of nitrogens with one attached hydrogen (secondary N) is 1. The van der Waals surface area contributed by atoms with Crippen LogP contribution in [0.5, 0.6) is 0 Å². The third-order valence-corrected chi connectivity index (χ3v) is 3.94. The average Bonchev–Trinajstić information content (AvgIpc) is 2.50. The highest BCUT2D eigenvalue weighted by atomic mass is 35.5. The molecule has 6 heteroatoms. The van der Waals surface area contributed by atoms with E-state index in [9.17, 15) is 4.79 Å². The molecule has 0 aliphatic heterocycles. The first-order chi connectivity index (χ1) is 10.1. The fourth-order valence-corrected chi connectivity index (χ4v) is 2.56. The number of hydrogen-bond donors (Lipinski definition) is 1. The van der Waals surface area contributed by atoms with E-state index in [1.54, 1.807) is 12.3 Å². The Morgan fingerprint density at radius 2 is 2.19 bits per heavy atom. The molecule has 110 valence electrons. The number of anilines is 1. The predicted octanol–water partition coefficient (Wildman–Crippen LogP) is 3.98. The Morgan fingerprint density at radius 1 is 1.43 bits per heavy atom. The maximum atomic E-state index is 12.4. The molecule has 2 rings (SSSR count). The van der Waals surface area contributed by atoms with Gasteiger partial charge in [-0.15, -0.1) is 0 Å². The van der Waals surface area contributed by atoms with E-state index in [1.807, 2.05) is 32.2 Å². The molecule has 1 aromatic heterocycles. The van der Waals surface area contributed by atoms with Crippen molar-refractivity contribution in [3.05, 3.63) is 46.2 Å². The quantitative estimate of drug-likeness (QED) is 0.683. The number of amides is 1. The van der Waals surface area contributed by atoms with Crippen molar-refractivity contribution in [3.8, 4) is 0 Å². The van der Waals surface area contributed by atoms with Crippen LogP contribution in [0.15, 0.2) is 29.6 Å². The van der Waals surface area contributed by atoms with Gasteiger partial charge in [0.1, 0.15) is 0 Å². The number of carbonyl (C=O) groups is 1. The largest absolute Gasteiger partial charge is 0.320 e. The lowest BCUT2D eigenvalue weighted by Gasteiger charge is -2.12. The highest BCUT2D eigenvalue weighted by Gasteiger charge is 2.15. The molecule has 0 aliphatic rings. The van der Waals surface area contributed by atoms with Crippen molar-refractivity contribution in [1.82, 2.24) is 9.97 Å². The van der Waals surface area contributed by atoms with Crippen LogP contribution in [0.25, 0.3) is 0 Å². The van der Waals surface area contributed by atoms with Crippen molar-refractivity contribution >= 4 is 35.0 Å². The molecule has 0 saturated carbocycles. The number of nitrogens with zero attached hydrogens (tertiary/aromatic N) is 2. The summed E-state index contributed by atoms with van der Waals surface area (Å²) in [5.41, 5.74) is 2.75. The zero-order valence-corrected chi connectivity index (χ0v) is 13.7. The molecule has 0 aliphatic carbocycles. The van der Waals surface area contributed by atoms with Crippen molar-refractivity contribution in [1.29, 1.82) is 0 Å². The van der Waals surface area contributed by atoms with Gasteiger partial charge in [0.2, 0.25) is 0 Å². The molecule has 0 spiro atoms. The standard InChI is InChI=1S/C15H16ClN3OS/c1-4-12-10(8-17-15(18-12)21-3)14(20)19-13-9(2)6-5-7-11(13)16/h5-8H,4H2,1-3H3,(H,19,20). The highest BCUT2D eigenvalue weighted by Crippen LogP contribution is 2.26. The zero-order valence-electron chi connectivity index (χ0n) is 12.1. The Hall–Kier alpha value is -1.59. The summed E-state index contributed by atoms with van der Waals surface area (Å²) in [7, 11) is 0. The lowest BCUT2D eigenvalue weighted by molar-refractivity contribution is 0.102. The van der Waals surface area contributed by atoms with Crippen LogP contribution in [-0.2, 0) is 6.42 Å². The summed E-state index contributed by atoms with van der Waals surface area (Å²) in [6.45, 7) is 3.86. The summed E-state index contributed by atoms with van der Waals surface area (Å²) in [6, 6.07) is 5.49. The first kappa shape index (κ1) is 15.8. The summed E-state index contributed by atoms with van der Waals surface area (Å²) in [4.78, 5) is 21.0. The Kier molecular flexibility index (Phi) is 5.20. The predicted molar refractivity (Wildman–Crippen MR) is 87.3 cm³/mol. The van der Waals surface area contributed by atoms with Gasteiger partial charge >= 0.3 is 0 Å². The van der Waals surface area contributed by atoms with Gasteiger partial charge < -0.3 is 5.32 Å². The van der Waals surface area contributed by atoms with Crippen molar-refractivity contribution in [2.24, 2.45) is 0 Å². The lowest BCUT2D eigenvalue weighted by Crippen LogP contribution is -2.17. The van der Waals surface area contributed by atoms with Gasteiger partial charge in [0.05, 0.1) is 22.0 Å². The molecular weight excluding hydrogens is 306 g/mol. The molecule has 21 heavy (non-hydrogen) atoms. The second kappa shape index (κ2) is 6.91. The third kappa shape index (κ3) is 3.54. The van der Waals surface area contributed by atoms with Gasteiger partial charge in [0.15, 0.2) is 5.16 Å². The Labute approximate surface area is 133 Å². The summed E-state index contributed by atoms with van der Waals surface area (Å²) >= 11 is 7.59. The normalized spacial score (nSPS) is 10.5. The fraction of sp³-hybridized carbons (Fsp3) is 0.267. The Bertz CT molecular complexity index is 656. The molecule has 0 atom stereocenters. The molecule has 0 unspecified atom stereocenters. The van der Waals surface area contributed by atoms with Crippen molar-refractivity contribution in [2.45, 2.75) is 25.4 Å². The molecule has 0 bridgehead atoms. The van der Waals surface area contributed by atoms with Crippen molar-refractivity contribution in [3.63, 3.8) is 0 Å². The fourth-order valence-electron chi connectivity index (χ4n) is 1.93. The molecule has 0 radical (unpaired) electrons. The minimum atomic E-state index is -0.240. The third-order valence-electron chi connectivity index (χ3n) is 3.07. The molecule has 4 nitrogen and oxygen atoms in total. The van der Waals surface area contributed by atoms with E-state index in [4.69, 9.17) is 11.6 Å². The van der Waals surface area contributed by atoms with Crippen LogP contribution in [0, 0.1) is 6.92 Å². The first-order valence-corrected chi connectivity index (χ1v) is 8.13. The molecular formula is C15H16ClN3OS. The van der Waals surface area contributed by atoms with E-state index in [0.717, 1.165) is 11.3 Å². The minimum Gasteiger partial charge on any atom is -0.320 e. The molecule has 0 fully saturated rings. The van der Waals surface area contributed by atoms with E-state index in [-0.39, 0.29) is 5.91 Å². The maximum Gasteiger partial charge on any atom is 0.259 e. The number of aromatic nitrogens is 2. The monoisotopic (exact) mass is 321 g/mol. The van der Waals surface area contributed by atoms with E-state index in [1.165, 1.54) is 11.8 Å². The summed E-state index contributed by atoms with van der Waals surface area (Å²) in [6.07, 6.45) is 4.14. The van der Waals surface area contributed by atoms with Gasteiger partial charge in [-0.05, 0) is 31.2 Å². The van der Waals surface area contributed by atoms with Crippen LogP contribution in [0.4, 0.5) is 5.69 Å². The number of rotatable bonds is 4. The van der Waals surface area contributed by atoms with Crippen LogP contribution in [-0.4, -0.2) is 22.1 Å². The molecule has 1 amide bonds. The summed E-state index contributed by atoms with van der Waals surface area (Å²) in [5, 5.41) is 4.03. The SMILES string of the molecule is CCc1nc(SC)ncc1C(=O)Nc1c(C)cccc1Cl. The van der Waals surface area contributed by atoms with Gasteiger partial charge in [0.25, 0.3) is 5.91 Å². The molecule has 2 aromatic rings. The molecule has 0 saturated heterocycles. The second-order valence-electron chi connectivity index (χ2n) is 4.46. The van der Waals surface area contributed by atoms with Crippen molar-refractivity contribution < 1.29 is 4.79 Å². The van der Waals surface area contributed by atoms with E-state index >= 15 is 0 Å². The lowest BCUT2D eigenvalue weighted by atomic mass is 10.1. The molecule has 1 N–H and O–H groups in total. The minimum absolute atomic E-state index is 0.240. The van der Waals surface area contributed by atoms with Crippen LogP contribution in [0.1, 0.15) is 28.5 Å². The summed E-state index contributed by atoms with van der Waals surface area (Å²) in [5.74, 6) is -0.240. The van der Waals surface area contributed by atoms with Crippen LogP contribution >= 0.6 is 23.4 Å². The summed E-state index contributed by atoms with van der Waals surface area (Å²) < 4.78 is 0. The molecule has 1 aromatic carbocycles. The van der Waals surface area contributed by atoms with E-state index in [0.29, 0.717) is 27.9 Å². The average molecular weight is 322 g/mol. The number of para-hydroxylation sites is 1. The maximum absolute atomic E-state index is 12.4. The highest BCUT2D eigenvalue weighted by molar-refractivity contribution is 7.98.